The summed E-state index contributed by atoms with van der Waals surface area (Å²) in [7, 11) is 1.94. The van der Waals surface area contributed by atoms with Gasteiger partial charge >= 0.3 is 0 Å². The van der Waals surface area contributed by atoms with Gasteiger partial charge in [0, 0.05) is 18.5 Å². The van der Waals surface area contributed by atoms with Gasteiger partial charge in [-0.25, -0.2) is 5.84 Å². The van der Waals surface area contributed by atoms with Crippen molar-refractivity contribution in [3.8, 4) is 0 Å². The minimum Gasteiger partial charge on any atom is -0.395 e. The third kappa shape index (κ3) is 4.55. The number of carbonyl (C=O) groups excluding carboxylic acids is 1. The first-order valence-corrected chi connectivity index (χ1v) is 4.85. The van der Waals surface area contributed by atoms with Gasteiger partial charge in [0.25, 0.3) is 0 Å². The highest BCUT2D eigenvalue weighted by molar-refractivity contribution is 5.75. The summed E-state index contributed by atoms with van der Waals surface area (Å²) in [6.07, 6.45) is 1.16. The van der Waals surface area contributed by atoms with Crippen LogP contribution in [-0.2, 0) is 4.79 Å². The molecule has 0 aromatic heterocycles. The zero-order chi connectivity index (χ0) is 11.1. The molecule has 0 aromatic rings. The second-order valence-corrected chi connectivity index (χ2v) is 3.65. The van der Waals surface area contributed by atoms with Crippen molar-refractivity contribution in [3.63, 3.8) is 0 Å². The van der Waals surface area contributed by atoms with Gasteiger partial charge in [0.1, 0.15) is 0 Å². The lowest BCUT2D eigenvalue weighted by atomic mass is 10.1. The van der Waals surface area contributed by atoms with Crippen molar-refractivity contribution in [3.05, 3.63) is 0 Å². The van der Waals surface area contributed by atoms with Gasteiger partial charge < -0.3 is 5.11 Å². The zero-order valence-corrected chi connectivity index (χ0v) is 9.16. The third-order valence-electron chi connectivity index (χ3n) is 2.60. The van der Waals surface area contributed by atoms with E-state index in [0.717, 1.165) is 6.42 Å². The molecule has 0 heterocycles. The fourth-order valence-corrected chi connectivity index (χ4v) is 1.18. The molecule has 5 heteroatoms. The van der Waals surface area contributed by atoms with E-state index >= 15 is 0 Å². The molecule has 0 aliphatic heterocycles. The lowest BCUT2D eigenvalue weighted by molar-refractivity contribution is -0.121. The molecule has 1 amide bonds. The number of nitrogens with one attached hydrogen (secondary N) is 1. The maximum Gasteiger partial charge on any atom is 0.233 e. The second-order valence-electron chi connectivity index (χ2n) is 3.65. The number of nitrogens with zero attached hydrogens (tertiary/aromatic N) is 1. The maximum absolute atomic E-state index is 10.9. The molecular formula is C9H21N3O2. The van der Waals surface area contributed by atoms with E-state index in [9.17, 15) is 4.79 Å². The van der Waals surface area contributed by atoms with E-state index in [0.29, 0.717) is 6.42 Å². The molecule has 0 saturated carbocycles. The number of aliphatic hydroxyl groups is 1. The smallest absolute Gasteiger partial charge is 0.233 e. The predicted octanol–water partition coefficient (Wildman–Crippen LogP) is -0.542. The Balaban J connectivity index is 3.83. The first-order chi connectivity index (χ1) is 6.52. The van der Waals surface area contributed by atoms with E-state index in [1.807, 2.05) is 25.8 Å². The van der Waals surface area contributed by atoms with E-state index in [1.54, 1.807) is 0 Å². The molecule has 0 rings (SSSR count). The van der Waals surface area contributed by atoms with Crippen LogP contribution in [0.25, 0.3) is 0 Å². The SMILES string of the molecule is CC(CO)N(C)C(C)CCC(=O)NN. The Morgan fingerprint density at radius 2 is 2.07 bits per heavy atom. The number of carbonyl (C=O) groups is 1. The van der Waals surface area contributed by atoms with Crippen LogP contribution in [0.4, 0.5) is 0 Å². The Morgan fingerprint density at radius 3 is 2.50 bits per heavy atom. The van der Waals surface area contributed by atoms with Crippen molar-refractivity contribution < 1.29 is 9.90 Å². The summed E-state index contributed by atoms with van der Waals surface area (Å²) in [5, 5.41) is 8.94. The van der Waals surface area contributed by atoms with Crippen LogP contribution in [-0.4, -0.2) is 41.7 Å². The normalized spacial score (nSPS) is 15.3. The summed E-state index contributed by atoms with van der Waals surface area (Å²) in [5.41, 5.74) is 2.10. The van der Waals surface area contributed by atoms with Crippen LogP contribution in [0.15, 0.2) is 0 Å². The van der Waals surface area contributed by atoms with Crippen LogP contribution in [0.3, 0.4) is 0 Å². The molecule has 14 heavy (non-hydrogen) atoms. The van der Waals surface area contributed by atoms with Gasteiger partial charge in [-0.1, -0.05) is 0 Å². The van der Waals surface area contributed by atoms with E-state index in [2.05, 4.69) is 5.43 Å². The Kier molecular flexibility index (Phi) is 6.44. The van der Waals surface area contributed by atoms with Crippen molar-refractivity contribution in [2.24, 2.45) is 5.84 Å². The van der Waals surface area contributed by atoms with Crippen LogP contribution < -0.4 is 11.3 Å². The summed E-state index contributed by atoms with van der Waals surface area (Å²) in [5.74, 6) is 4.82. The molecule has 0 aliphatic carbocycles. The number of nitrogens with two attached hydrogens (primary N) is 1. The summed E-state index contributed by atoms with van der Waals surface area (Å²) < 4.78 is 0. The van der Waals surface area contributed by atoms with Crippen molar-refractivity contribution in [2.45, 2.75) is 38.8 Å². The van der Waals surface area contributed by atoms with Crippen molar-refractivity contribution in [1.29, 1.82) is 0 Å². The average molecular weight is 203 g/mol. The number of likely N-dealkylation sites (N-methyl/N-ethyl adjacent to an activating group) is 1. The average Bonchev–Trinajstić information content (AvgIpc) is 2.22. The molecule has 5 nitrogen and oxygen atoms in total. The van der Waals surface area contributed by atoms with Gasteiger partial charge in [0.05, 0.1) is 6.61 Å². The van der Waals surface area contributed by atoms with Crippen molar-refractivity contribution in [1.82, 2.24) is 10.3 Å². The highest BCUT2D eigenvalue weighted by atomic mass is 16.3. The lowest BCUT2D eigenvalue weighted by Gasteiger charge is -2.29. The number of rotatable bonds is 6. The molecule has 2 atom stereocenters. The Labute approximate surface area is 85.2 Å². The third-order valence-corrected chi connectivity index (χ3v) is 2.60. The first-order valence-electron chi connectivity index (χ1n) is 4.85. The van der Waals surface area contributed by atoms with E-state index in [4.69, 9.17) is 10.9 Å². The van der Waals surface area contributed by atoms with Gasteiger partial charge in [0.15, 0.2) is 0 Å². The number of hydrazine groups is 1. The monoisotopic (exact) mass is 203 g/mol. The topological polar surface area (TPSA) is 78.6 Å². The quantitative estimate of drug-likeness (QED) is 0.308. The Morgan fingerprint density at radius 1 is 1.50 bits per heavy atom. The van der Waals surface area contributed by atoms with Gasteiger partial charge in [-0.3, -0.25) is 15.1 Å². The Hall–Kier alpha value is -0.650. The number of aliphatic hydroxyl groups excluding tert-OH is 1. The molecule has 0 aromatic carbocycles. The highest BCUT2D eigenvalue weighted by Crippen LogP contribution is 2.07. The van der Waals surface area contributed by atoms with E-state index in [1.165, 1.54) is 0 Å². The second kappa shape index (κ2) is 6.75. The molecule has 0 bridgehead atoms. The molecule has 0 fully saturated rings. The molecule has 0 radical (unpaired) electrons. The maximum atomic E-state index is 10.9. The summed E-state index contributed by atoms with van der Waals surface area (Å²) in [6, 6.07) is 0.375. The van der Waals surface area contributed by atoms with Gasteiger partial charge in [-0.15, -0.1) is 0 Å². The molecule has 0 saturated heterocycles. The van der Waals surface area contributed by atoms with Gasteiger partial charge in [0.2, 0.25) is 5.91 Å². The molecular weight excluding hydrogens is 182 g/mol. The van der Waals surface area contributed by atoms with Crippen LogP contribution >= 0.6 is 0 Å². The largest absolute Gasteiger partial charge is 0.395 e. The lowest BCUT2D eigenvalue weighted by Crippen LogP contribution is -2.40. The Bertz CT molecular complexity index is 175. The fourth-order valence-electron chi connectivity index (χ4n) is 1.18. The van der Waals surface area contributed by atoms with Crippen LogP contribution in [0.2, 0.25) is 0 Å². The molecule has 84 valence electrons. The summed E-state index contributed by atoms with van der Waals surface area (Å²) in [4.78, 5) is 12.9. The molecule has 2 unspecified atom stereocenters. The van der Waals surface area contributed by atoms with E-state index in [-0.39, 0.29) is 24.6 Å². The summed E-state index contributed by atoms with van der Waals surface area (Å²) >= 11 is 0. The van der Waals surface area contributed by atoms with Gasteiger partial charge in [-0.2, -0.15) is 0 Å². The molecule has 4 N–H and O–H groups in total. The zero-order valence-electron chi connectivity index (χ0n) is 9.16. The number of hydrogen-bond acceptors (Lipinski definition) is 4. The fraction of sp³-hybridized carbons (Fsp3) is 0.889. The molecule has 0 spiro atoms. The first kappa shape index (κ1) is 13.4. The highest BCUT2D eigenvalue weighted by Gasteiger charge is 2.15. The summed E-state index contributed by atoms with van der Waals surface area (Å²) in [6.45, 7) is 4.10. The van der Waals surface area contributed by atoms with Crippen molar-refractivity contribution in [2.75, 3.05) is 13.7 Å². The van der Waals surface area contributed by atoms with E-state index < -0.39 is 0 Å². The van der Waals surface area contributed by atoms with Gasteiger partial charge in [-0.05, 0) is 27.3 Å². The minimum atomic E-state index is -0.151. The standard InChI is InChI=1S/C9H21N3O2/c1-7(4-5-9(14)11-10)12(3)8(2)6-13/h7-8,13H,4-6,10H2,1-3H3,(H,11,14). The minimum absolute atomic E-state index is 0.117. The molecule has 0 aliphatic rings. The number of amides is 1. The number of hydrogen-bond donors (Lipinski definition) is 3. The van der Waals surface area contributed by atoms with Crippen LogP contribution in [0.5, 0.6) is 0 Å². The van der Waals surface area contributed by atoms with Crippen LogP contribution in [0, 0.1) is 0 Å². The van der Waals surface area contributed by atoms with Crippen molar-refractivity contribution >= 4 is 5.91 Å². The predicted molar refractivity (Wildman–Crippen MR) is 55.3 cm³/mol. The van der Waals surface area contributed by atoms with Crippen LogP contribution in [0.1, 0.15) is 26.7 Å².